The molecule has 0 aliphatic heterocycles. The van der Waals surface area contributed by atoms with Crippen LogP contribution in [0.3, 0.4) is 0 Å². The van der Waals surface area contributed by atoms with Crippen LogP contribution in [-0.2, 0) is 4.79 Å². The summed E-state index contributed by atoms with van der Waals surface area (Å²) in [6.07, 6.45) is -1.07. The average Bonchev–Trinajstić information content (AvgIpc) is 2.44. The van der Waals surface area contributed by atoms with E-state index in [4.69, 9.17) is 4.74 Å². The molecular formula is C15H11BrF3NO2. The molecule has 0 bridgehead atoms. The highest BCUT2D eigenvalue weighted by atomic mass is 79.9. The number of amides is 1. The molecule has 7 heteroatoms. The maximum atomic E-state index is 13.6. The largest absolute Gasteiger partial charge is 0.478 e. The van der Waals surface area contributed by atoms with Gasteiger partial charge in [0.1, 0.15) is 11.6 Å². The Morgan fingerprint density at radius 3 is 2.50 bits per heavy atom. The van der Waals surface area contributed by atoms with E-state index in [-0.39, 0.29) is 11.4 Å². The van der Waals surface area contributed by atoms with Crippen molar-refractivity contribution in [1.82, 2.24) is 0 Å². The molecule has 2 aromatic rings. The Hall–Kier alpha value is -2.02. The zero-order valence-corrected chi connectivity index (χ0v) is 13.0. The highest BCUT2D eigenvalue weighted by molar-refractivity contribution is 9.10. The second-order valence-corrected chi connectivity index (χ2v) is 5.36. The smallest absolute Gasteiger partial charge is 0.265 e. The predicted octanol–water partition coefficient (Wildman–Crippen LogP) is 4.27. The Labute approximate surface area is 133 Å². The van der Waals surface area contributed by atoms with Crippen molar-refractivity contribution in [2.75, 3.05) is 5.32 Å². The molecule has 1 atom stereocenters. The van der Waals surface area contributed by atoms with Crippen LogP contribution in [-0.4, -0.2) is 12.0 Å². The standard InChI is InChI=1S/C15H11BrF3NO2/c1-8(22-14-5-2-9(16)6-12(14)19)15(21)20-13-4-3-10(17)7-11(13)18/h2-8H,1H3,(H,20,21)/t8-/m0/s1. The van der Waals surface area contributed by atoms with Crippen molar-refractivity contribution in [2.45, 2.75) is 13.0 Å². The Bertz CT molecular complexity index is 709. The lowest BCUT2D eigenvalue weighted by Gasteiger charge is -2.15. The van der Waals surface area contributed by atoms with Crippen molar-refractivity contribution in [3.63, 3.8) is 0 Å². The molecule has 0 aromatic heterocycles. The van der Waals surface area contributed by atoms with Crippen LogP contribution < -0.4 is 10.1 Å². The van der Waals surface area contributed by atoms with E-state index in [0.29, 0.717) is 10.5 Å². The molecule has 0 fully saturated rings. The third kappa shape index (κ3) is 4.00. The lowest BCUT2D eigenvalue weighted by molar-refractivity contribution is -0.122. The van der Waals surface area contributed by atoms with Crippen molar-refractivity contribution in [3.8, 4) is 5.75 Å². The number of halogens is 4. The van der Waals surface area contributed by atoms with Gasteiger partial charge in [0.05, 0.1) is 5.69 Å². The maximum absolute atomic E-state index is 13.6. The Morgan fingerprint density at radius 1 is 1.14 bits per heavy atom. The molecule has 0 aliphatic rings. The van der Waals surface area contributed by atoms with Crippen LogP contribution in [0, 0.1) is 17.5 Å². The first-order valence-corrected chi connectivity index (χ1v) is 7.03. The third-order valence-electron chi connectivity index (χ3n) is 2.76. The van der Waals surface area contributed by atoms with E-state index in [1.807, 2.05) is 0 Å². The number of carbonyl (C=O) groups excluding carboxylic acids is 1. The normalized spacial score (nSPS) is 11.9. The number of rotatable bonds is 4. The fourth-order valence-corrected chi connectivity index (χ4v) is 1.97. The lowest BCUT2D eigenvalue weighted by atomic mass is 10.2. The van der Waals surface area contributed by atoms with Crippen molar-refractivity contribution >= 4 is 27.5 Å². The average molecular weight is 374 g/mol. The van der Waals surface area contributed by atoms with E-state index in [2.05, 4.69) is 21.2 Å². The van der Waals surface area contributed by atoms with E-state index in [1.54, 1.807) is 6.07 Å². The number of hydrogen-bond acceptors (Lipinski definition) is 2. The number of nitrogens with one attached hydrogen (secondary N) is 1. The van der Waals surface area contributed by atoms with E-state index in [9.17, 15) is 18.0 Å². The molecule has 0 unspecified atom stereocenters. The fraction of sp³-hybridized carbons (Fsp3) is 0.133. The van der Waals surface area contributed by atoms with E-state index >= 15 is 0 Å². The van der Waals surface area contributed by atoms with E-state index in [0.717, 1.165) is 12.1 Å². The van der Waals surface area contributed by atoms with Crippen molar-refractivity contribution in [1.29, 1.82) is 0 Å². The van der Waals surface area contributed by atoms with Gasteiger partial charge in [0, 0.05) is 10.5 Å². The maximum Gasteiger partial charge on any atom is 0.265 e. The molecule has 116 valence electrons. The van der Waals surface area contributed by atoms with Crippen LogP contribution in [0.1, 0.15) is 6.92 Å². The van der Waals surface area contributed by atoms with Gasteiger partial charge >= 0.3 is 0 Å². The number of carbonyl (C=O) groups is 1. The minimum Gasteiger partial charge on any atom is -0.478 e. The number of ether oxygens (including phenoxy) is 1. The first-order chi connectivity index (χ1) is 10.4. The quantitative estimate of drug-likeness (QED) is 0.868. The Kier molecular flexibility index (Phi) is 5.07. The molecule has 0 saturated heterocycles. The molecular weight excluding hydrogens is 363 g/mol. The molecule has 1 amide bonds. The van der Waals surface area contributed by atoms with Crippen LogP contribution in [0.25, 0.3) is 0 Å². The van der Waals surface area contributed by atoms with Gasteiger partial charge in [-0.2, -0.15) is 0 Å². The lowest BCUT2D eigenvalue weighted by Crippen LogP contribution is -2.30. The second-order valence-electron chi connectivity index (χ2n) is 4.45. The minimum absolute atomic E-state index is 0.106. The monoisotopic (exact) mass is 373 g/mol. The molecule has 0 saturated carbocycles. The molecule has 22 heavy (non-hydrogen) atoms. The first kappa shape index (κ1) is 16.4. The van der Waals surface area contributed by atoms with Crippen LogP contribution in [0.4, 0.5) is 18.9 Å². The SMILES string of the molecule is C[C@H](Oc1ccc(Br)cc1F)C(=O)Nc1ccc(F)cc1F. The fourth-order valence-electron chi connectivity index (χ4n) is 1.64. The summed E-state index contributed by atoms with van der Waals surface area (Å²) in [5.74, 6) is -3.09. The highest BCUT2D eigenvalue weighted by Gasteiger charge is 2.18. The molecule has 3 nitrogen and oxygen atoms in total. The summed E-state index contributed by atoms with van der Waals surface area (Å²) in [6.45, 7) is 1.39. The van der Waals surface area contributed by atoms with Gasteiger partial charge in [-0.25, -0.2) is 13.2 Å². The molecule has 1 N–H and O–H groups in total. The van der Waals surface area contributed by atoms with Crippen LogP contribution in [0.2, 0.25) is 0 Å². The highest BCUT2D eigenvalue weighted by Crippen LogP contribution is 2.23. The summed E-state index contributed by atoms with van der Waals surface area (Å²) < 4.78 is 45.6. The summed E-state index contributed by atoms with van der Waals surface area (Å²) in [5, 5.41) is 2.25. The second kappa shape index (κ2) is 6.83. The van der Waals surface area contributed by atoms with Gasteiger partial charge in [0.15, 0.2) is 17.7 Å². The summed E-state index contributed by atoms with van der Waals surface area (Å²) in [5.41, 5.74) is -0.182. The summed E-state index contributed by atoms with van der Waals surface area (Å²) in [7, 11) is 0. The Morgan fingerprint density at radius 2 is 1.86 bits per heavy atom. The number of hydrogen-bond donors (Lipinski definition) is 1. The van der Waals surface area contributed by atoms with Gasteiger partial charge in [-0.05, 0) is 37.3 Å². The number of benzene rings is 2. The molecule has 2 rings (SSSR count). The van der Waals surface area contributed by atoms with Crippen molar-refractivity contribution in [3.05, 3.63) is 58.3 Å². The zero-order chi connectivity index (χ0) is 16.3. The van der Waals surface area contributed by atoms with E-state index in [1.165, 1.54) is 19.1 Å². The first-order valence-electron chi connectivity index (χ1n) is 6.24. The summed E-state index contributed by atoms with van der Waals surface area (Å²) in [4.78, 5) is 11.9. The molecule has 0 radical (unpaired) electrons. The predicted molar refractivity (Wildman–Crippen MR) is 79.2 cm³/mol. The van der Waals surface area contributed by atoms with Crippen molar-refractivity contribution < 1.29 is 22.7 Å². The van der Waals surface area contributed by atoms with E-state index < -0.39 is 29.5 Å². The van der Waals surface area contributed by atoms with Gasteiger partial charge in [0.25, 0.3) is 5.91 Å². The third-order valence-corrected chi connectivity index (χ3v) is 3.25. The number of anilines is 1. The minimum atomic E-state index is -1.07. The van der Waals surface area contributed by atoms with Crippen molar-refractivity contribution in [2.24, 2.45) is 0 Å². The van der Waals surface area contributed by atoms with Gasteiger partial charge in [-0.3, -0.25) is 4.79 Å². The zero-order valence-electron chi connectivity index (χ0n) is 11.4. The molecule has 0 aliphatic carbocycles. The van der Waals surface area contributed by atoms with Gasteiger partial charge in [-0.15, -0.1) is 0 Å². The van der Waals surface area contributed by atoms with Crippen LogP contribution >= 0.6 is 15.9 Å². The molecule has 2 aromatic carbocycles. The molecule has 0 heterocycles. The molecule has 0 spiro atoms. The summed E-state index contributed by atoms with van der Waals surface area (Å²) in [6, 6.07) is 6.87. The van der Waals surface area contributed by atoms with Crippen LogP contribution in [0.15, 0.2) is 40.9 Å². The topological polar surface area (TPSA) is 38.3 Å². The summed E-state index contributed by atoms with van der Waals surface area (Å²) >= 11 is 3.10. The van der Waals surface area contributed by atoms with Gasteiger partial charge in [0.2, 0.25) is 0 Å². The Balaban J connectivity index is 2.05. The van der Waals surface area contributed by atoms with Crippen LogP contribution in [0.5, 0.6) is 5.75 Å². The van der Waals surface area contributed by atoms with Gasteiger partial charge in [-0.1, -0.05) is 15.9 Å². The van der Waals surface area contributed by atoms with Gasteiger partial charge < -0.3 is 10.1 Å².